The predicted octanol–water partition coefficient (Wildman–Crippen LogP) is 37.8. The SMILES string of the molecule is c1ccc(-c2cc(-c3ccccc3)cc(N(c3ccccc3)c3ccc4c(c3)sc3cc(Nc5ccc6sc7ccccc7c6c5)ccc34)c2)cc1.c1ccc(N(c2ccccc2)c2ccc3c(c2)sc2cc(Nc4ccc5c(c4)sc4ccccc45)ccc23)cc1.c1ccc(N(c2ccccc2)c2ccc3c(c2)sc2cc(Nc4ccc5oc6ccccc6c5c4)ccc23)cc1. The molecule has 0 saturated heterocycles. The monoisotopic (exact) mass is 1780 g/mol. The second-order valence-corrected chi connectivity index (χ2v) is 38.4. The minimum atomic E-state index is 0.905. The van der Waals surface area contributed by atoms with E-state index >= 15 is 0 Å². The maximum absolute atomic E-state index is 6.00. The number of para-hydroxylation sites is 6. The van der Waals surface area contributed by atoms with Gasteiger partial charge >= 0.3 is 0 Å². The van der Waals surface area contributed by atoms with Gasteiger partial charge in [-0.2, -0.15) is 0 Å². The summed E-state index contributed by atoms with van der Waals surface area (Å²) in [5.41, 5.74) is 23.4. The van der Waals surface area contributed by atoms with Crippen LogP contribution in [0, 0.1) is 0 Å². The van der Waals surface area contributed by atoms with Gasteiger partial charge in [-0.15, -0.1) is 56.7 Å². The van der Waals surface area contributed by atoms with Crippen molar-refractivity contribution in [1.82, 2.24) is 0 Å². The zero-order chi connectivity index (χ0) is 87.4. The third-order valence-corrected chi connectivity index (χ3v) is 30.2. The molecule has 12 heteroatoms. The van der Waals surface area contributed by atoms with Gasteiger partial charge in [0, 0.05) is 197 Å². The molecule has 0 fully saturated rings. The number of anilines is 15. The zero-order valence-electron chi connectivity index (χ0n) is 71.2. The van der Waals surface area contributed by atoms with Gasteiger partial charge in [-0.1, -0.05) is 249 Å². The molecule has 0 amide bonds. The van der Waals surface area contributed by atoms with E-state index in [0.717, 1.165) is 107 Å². The number of fused-ring (bicyclic) bond motifs is 18. The van der Waals surface area contributed by atoms with E-state index in [0.29, 0.717) is 0 Å². The first-order valence-electron chi connectivity index (χ1n) is 44.2. The molecule has 626 valence electrons. The van der Waals surface area contributed by atoms with Crippen LogP contribution >= 0.6 is 56.7 Å². The van der Waals surface area contributed by atoms with Gasteiger partial charge < -0.3 is 35.1 Å². The number of nitrogens with one attached hydrogen (secondary N) is 3. The summed E-state index contributed by atoms with van der Waals surface area (Å²) in [6, 6.07) is 167. The fourth-order valence-corrected chi connectivity index (χ4v) is 24.2. The molecule has 0 unspecified atom stereocenters. The number of thiophene rings is 5. The van der Waals surface area contributed by atoms with Crippen molar-refractivity contribution in [3.05, 3.63) is 467 Å². The first-order chi connectivity index (χ1) is 65.3. The Morgan fingerprint density at radius 1 is 0.144 bits per heavy atom. The average Bonchev–Trinajstić information content (AvgIpc) is 1.56. The third kappa shape index (κ3) is 15.6. The van der Waals surface area contributed by atoms with Gasteiger partial charge in [-0.3, -0.25) is 0 Å². The highest BCUT2D eigenvalue weighted by atomic mass is 32.1. The van der Waals surface area contributed by atoms with Gasteiger partial charge in [0.2, 0.25) is 0 Å². The number of hydrogen-bond donors (Lipinski definition) is 3. The number of furan rings is 1. The van der Waals surface area contributed by atoms with Gasteiger partial charge in [-0.05, 0) is 241 Å². The lowest BCUT2D eigenvalue weighted by Gasteiger charge is -2.27. The van der Waals surface area contributed by atoms with Crippen LogP contribution in [0.5, 0.6) is 0 Å². The minimum absolute atomic E-state index is 0.905. The minimum Gasteiger partial charge on any atom is -0.456 e. The lowest BCUT2D eigenvalue weighted by atomic mass is 9.97. The lowest BCUT2D eigenvalue weighted by Crippen LogP contribution is -2.10. The largest absolute Gasteiger partial charge is 0.456 e. The summed E-state index contributed by atoms with van der Waals surface area (Å²) in [5.74, 6) is 0. The van der Waals surface area contributed by atoms with E-state index in [4.69, 9.17) is 4.42 Å². The van der Waals surface area contributed by atoms with Crippen LogP contribution in [0.3, 0.4) is 0 Å². The van der Waals surface area contributed by atoms with Crippen molar-refractivity contribution in [2.24, 2.45) is 0 Å². The number of hydrogen-bond acceptors (Lipinski definition) is 12. The van der Waals surface area contributed by atoms with Gasteiger partial charge in [-0.25, -0.2) is 0 Å². The molecule has 26 aromatic rings. The molecule has 0 spiro atoms. The Kier molecular flexibility index (Phi) is 20.8. The molecule has 20 aromatic carbocycles. The van der Waals surface area contributed by atoms with Crippen LogP contribution in [0.15, 0.2) is 472 Å². The van der Waals surface area contributed by atoms with Crippen molar-refractivity contribution in [2.75, 3.05) is 30.7 Å². The summed E-state index contributed by atoms with van der Waals surface area (Å²) in [4.78, 5) is 7.02. The van der Waals surface area contributed by atoms with Gasteiger partial charge in [0.15, 0.2) is 0 Å². The van der Waals surface area contributed by atoms with E-state index in [1.807, 2.05) is 74.9 Å². The smallest absolute Gasteiger partial charge is 0.135 e. The molecule has 0 radical (unpaired) electrons. The molecule has 26 rings (SSSR count). The molecule has 6 aromatic heterocycles. The maximum atomic E-state index is 6.00. The van der Waals surface area contributed by atoms with E-state index in [1.54, 1.807) is 0 Å². The summed E-state index contributed by atoms with van der Waals surface area (Å²) in [6.07, 6.45) is 0. The fourth-order valence-electron chi connectivity index (χ4n) is 18.4. The zero-order valence-corrected chi connectivity index (χ0v) is 75.3. The Bertz CT molecular complexity index is 8630. The lowest BCUT2D eigenvalue weighted by molar-refractivity contribution is 0.669. The maximum Gasteiger partial charge on any atom is 0.135 e. The molecular weight excluding hydrogens is 1700 g/mol. The first kappa shape index (κ1) is 79.5. The van der Waals surface area contributed by atoms with E-state index in [-0.39, 0.29) is 0 Å². The molecule has 6 heterocycles. The Morgan fingerprint density at radius 3 is 0.795 bits per heavy atom. The Hall–Kier alpha value is -15.9. The van der Waals surface area contributed by atoms with Crippen molar-refractivity contribution >= 4 is 265 Å². The summed E-state index contributed by atoms with van der Waals surface area (Å²) in [7, 11) is 0. The highest BCUT2D eigenvalue weighted by Crippen LogP contribution is 2.49. The van der Waals surface area contributed by atoms with Crippen LogP contribution in [-0.2, 0) is 0 Å². The highest BCUT2D eigenvalue weighted by molar-refractivity contribution is 7.27. The van der Waals surface area contributed by atoms with Crippen molar-refractivity contribution in [3.63, 3.8) is 0 Å². The molecule has 0 aliphatic rings. The van der Waals surface area contributed by atoms with Gasteiger partial charge in [0.25, 0.3) is 0 Å². The number of rotatable bonds is 17. The van der Waals surface area contributed by atoms with Crippen LogP contribution in [-0.4, -0.2) is 0 Å². The second-order valence-electron chi connectivity index (χ2n) is 33.0. The van der Waals surface area contributed by atoms with Crippen molar-refractivity contribution < 1.29 is 4.42 Å². The molecule has 0 aliphatic heterocycles. The fraction of sp³-hybridized carbons (Fsp3) is 0. The van der Waals surface area contributed by atoms with Gasteiger partial charge in [0.05, 0.1) is 0 Å². The van der Waals surface area contributed by atoms with Crippen molar-refractivity contribution in [1.29, 1.82) is 0 Å². The van der Waals surface area contributed by atoms with Crippen LogP contribution in [0.1, 0.15) is 0 Å². The predicted molar refractivity (Wildman–Crippen MR) is 575 cm³/mol. The van der Waals surface area contributed by atoms with Crippen molar-refractivity contribution in [2.45, 2.75) is 0 Å². The molecule has 0 aliphatic carbocycles. The highest BCUT2D eigenvalue weighted by Gasteiger charge is 2.22. The molecule has 0 saturated carbocycles. The summed E-state index contributed by atoms with van der Waals surface area (Å²) < 4.78 is 18.9. The van der Waals surface area contributed by atoms with Crippen LogP contribution in [0.25, 0.3) is 145 Å². The molecule has 0 atom stereocenters. The van der Waals surface area contributed by atoms with Gasteiger partial charge in [0.1, 0.15) is 11.2 Å². The molecule has 0 bridgehead atoms. The standard InChI is InChI=1S/C48H32N2S2.C36H24N2OS.C36H24N2S2/c1-4-12-32(13-5-1)34-26-35(33-14-6-2-7-15-33)28-40(27-34)50(38-16-8-3-9-17-38)39-22-24-43-42-23-20-37(30-47(42)52-48(43)31-39)49-36-21-25-46-44(29-36)41-18-10-11-19-45(41)51-46;1-3-9-26(10-4-1)38(27-11-5-2-6-12-27)28-17-19-31-30-18-15-25(22-35(30)40-36(31)23-28)37-24-16-20-34-32(21-24)29-13-7-8-14-33(29)39-34;1-3-9-26(10-4-1)38(27-11-5-2-6-12-27)28-17-20-32-31-19-16-25(22-35(31)40-36(32)23-28)37-24-15-18-30-29-13-7-8-14-33(29)39-34(30)21-24/h1-31,49H;2*1-23,37H. The van der Waals surface area contributed by atoms with E-state index in [9.17, 15) is 0 Å². The normalized spacial score (nSPS) is 11.5. The quantitative estimate of drug-likeness (QED) is 0.0840. The van der Waals surface area contributed by atoms with Crippen molar-refractivity contribution in [3.8, 4) is 22.3 Å². The summed E-state index contributed by atoms with van der Waals surface area (Å²) in [6.45, 7) is 0. The van der Waals surface area contributed by atoms with E-state index < -0.39 is 0 Å². The average molecular weight is 1780 g/mol. The molecule has 7 nitrogen and oxygen atoms in total. The Balaban J connectivity index is 0.000000111. The number of benzene rings is 20. The van der Waals surface area contributed by atoms with Crippen LogP contribution in [0.2, 0.25) is 0 Å². The van der Waals surface area contributed by atoms with E-state index in [2.05, 4.69) is 480 Å². The second kappa shape index (κ2) is 34.6. The Labute approximate surface area is 782 Å². The summed E-state index contributed by atoms with van der Waals surface area (Å²) >= 11 is 9.23. The third-order valence-electron chi connectivity index (χ3n) is 24.6. The first-order valence-corrected chi connectivity index (χ1v) is 48.3. The summed E-state index contributed by atoms with van der Waals surface area (Å²) in [5, 5.41) is 26.2. The Morgan fingerprint density at radius 2 is 0.402 bits per heavy atom. The molecular formula is C120H80N6OS5. The topological polar surface area (TPSA) is 59.0 Å². The molecule has 3 N–H and O–H groups in total. The number of nitrogens with zero attached hydrogens (tertiary/aromatic N) is 3. The van der Waals surface area contributed by atoms with Crippen LogP contribution < -0.4 is 30.7 Å². The molecule has 132 heavy (non-hydrogen) atoms. The van der Waals surface area contributed by atoms with Crippen LogP contribution in [0.4, 0.5) is 85.3 Å². The van der Waals surface area contributed by atoms with E-state index in [1.165, 1.54) is 123 Å².